The molecule has 92 valence electrons. The molecule has 0 aromatic rings. The van der Waals surface area contributed by atoms with Gasteiger partial charge in [-0.25, -0.2) is 4.79 Å². The minimum Gasteiger partial charge on any atom is -0.477 e. The summed E-state index contributed by atoms with van der Waals surface area (Å²) >= 11 is 0. The van der Waals surface area contributed by atoms with Gasteiger partial charge in [0.2, 0.25) is 0 Å². The van der Waals surface area contributed by atoms with Crippen LogP contribution in [0.3, 0.4) is 0 Å². The van der Waals surface area contributed by atoms with E-state index in [4.69, 9.17) is 24.4 Å². The molecule has 0 bridgehead atoms. The Morgan fingerprint density at radius 2 is 1.81 bits per heavy atom. The van der Waals surface area contributed by atoms with Crippen molar-refractivity contribution in [2.75, 3.05) is 6.61 Å². The second-order valence-electron chi connectivity index (χ2n) is 3.65. The van der Waals surface area contributed by atoms with Gasteiger partial charge in [0, 0.05) is 0 Å². The van der Waals surface area contributed by atoms with Crippen LogP contribution in [0.25, 0.3) is 0 Å². The van der Waals surface area contributed by atoms with Crippen LogP contribution in [0.15, 0.2) is 0 Å². The Bertz CT molecular complexity index is 281. The zero-order valence-corrected chi connectivity index (χ0v) is 8.09. The number of carbonyl (C=O) groups is 1. The number of hydrogen-bond donors (Lipinski definition) is 4. The molecule has 0 saturated carbocycles. The molecule has 8 heteroatoms. The van der Waals surface area contributed by atoms with Gasteiger partial charge in [-0.2, -0.15) is 0 Å². The minimum absolute atomic E-state index is 0.0852. The van der Waals surface area contributed by atoms with Crippen LogP contribution >= 0.6 is 0 Å². The minimum atomic E-state index is -1.51. The molecule has 16 heavy (non-hydrogen) atoms. The average Bonchev–Trinajstić information content (AvgIpc) is 2.79. The van der Waals surface area contributed by atoms with Gasteiger partial charge in [0.15, 0.2) is 6.29 Å². The van der Waals surface area contributed by atoms with Crippen LogP contribution in [0.4, 0.5) is 0 Å². The summed E-state index contributed by atoms with van der Waals surface area (Å²) in [6, 6.07) is 0. The van der Waals surface area contributed by atoms with E-state index in [0.717, 1.165) is 0 Å². The first-order chi connectivity index (χ1) is 7.50. The van der Waals surface area contributed by atoms with Crippen LogP contribution < -0.4 is 0 Å². The predicted molar refractivity (Wildman–Crippen MR) is 45.1 cm³/mol. The number of rotatable bonds is 2. The molecule has 2 saturated heterocycles. The lowest BCUT2D eigenvalue weighted by atomic mass is 10.1. The first-order valence-electron chi connectivity index (χ1n) is 4.70. The molecule has 0 spiro atoms. The molecule has 6 unspecified atom stereocenters. The lowest BCUT2D eigenvalue weighted by Gasteiger charge is -2.19. The van der Waals surface area contributed by atoms with Crippen molar-refractivity contribution in [3.63, 3.8) is 0 Å². The van der Waals surface area contributed by atoms with E-state index in [9.17, 15) is 15.0 Å². The Morgan fingerprint density at radius 3 is 2.25 bits per heavy atom. The Balaban J connectivity index is 1.97. The molecule has 2 aliphatic heterocycles. The van der Waals surface area contributed by atoms with Gasteiger partial charge in [-0.05, 0) is 0 Å². The van der Waals surface area contributed by atoms with Gasteiger partial charge in [0.25, 0.3) is 6.29 Å². The summed E-state index contributed by atoms with van der Waals surface area (Å²) in [4.78, 5) is 10.5. The summed E-state index contributed by atoms with van der Waals surface area (Å²) in [5, 5.41) is 36.5. The lowest BCUT2D eigenvalue weighted by Crippen LogP contribution is -2.40. The van der Waals surface area contributed by atoms with Gasteiger partial charge < -0.3 is 34.6 Å². The topological polar surface area (TPSA) is 126 Å². The third kappa shape index (κ3) is 1.90. The fraction of sp³-hybridized carbons (Fsp3) is 0.875. The molecule has 2 heterocycles. The zero-order chi connectivity index (χ0) is 11.9. The standard InChI is InChI=1S/C8H12O8/c9-3-4(10)7(13)16-5(3)2-1-14-8(15-2)6(11)12/h2-5,7-10,13H,1H2,(H,11,12). The van der Waals surface area contributed by atoms with E-state index in [0.29, 0.717) is 0 Å². The van der Waals surface area contributed by atoms with Crippen molar-refractivity contribution >= 4 is 5.97 Å². The second kappa shape index (κ2) is 4.24. The van der Waals surface area contributed by atoms with E-state index in [-0.39, 0.29) is 6.61 Å². The van der Waals surface area contributed by atoms with Crippen LogP contribution in [0.5, 0.6) is 0 Å². The smallest absolute Gasteiger partial charge is 0.361 e. The number of hydrogen-bond acceptors (Lipinski definition) is 7. The maximum atomic E-state index is 10.5. The van der Waals surface area contributed by atoms with E-state index in [1.807, 2.05) is 0 Å². The largest absolute Gasteiger partial charge is 0.477 e. The Morgan fingerprint density at radius 1 is 1.12 bits per heavy atom. The predicted octanol–water partition coefficient (Wildman–Crippen LogP) is -2.75. The number of ether oxygens (including phenoxy) is 3. The fourth-order valence-corrected chi connectivity index (χ4v) is 1.71. The van der Waals surface area contributed by atoms with Crippen LogP contribution in [0, 0.1) is 0 Å². The number of carboxylic acids is 1. The van der Waals surface area contributed by atoms with Crippen LogP contribution in [0.1, 0.15) is 0 Å². The maximum absolute atomic E-state index is 10.5. The lowest BCUT2D eigenvalue weighted by molar-refractivity contribution is -0.176. The second-order valence-corrected chi connectivity index (χ2v) is 3.65. The molecule has 0 aromatic heterocycles. The van der Waals surface area contributed by atoms with Crippen molar-refractivity contribution in [3.05, 3.63) is 0 Å². The van der Waals surface area contributed by atoms with Crippen molar-refractivity contribution in [1.82, 2.24) is 0 Å². The molecule has 6 atom stereocenters. The first kappa shape index (κ1) is 11.7. The van der Waals surface area contributed by atoms with Gasteiger partial charge in [-0.15, -0.1) is 0 Å². The van der Waals surface area contributed by atoms with Crippen LogP contribution in [-0.2, 0) is 19.0 Å². The molecule has 0 aliphatic carbocycles. The van der Waals surface area contributed by atoms with Crippen molar-refractivity contribution in [2.24, 2.45) is 0 Å². The Labute approximate surface area is 90.0 Å². The molecule has 2 aliphatic rings. The van der Waals surface area contributed by atoms with Crippen molar-refractivity contribution in [1.29, 1.82) is 0 Å². The molecule has 0 aromatic carbocycles. The third-order valence-electron chi connectivity index (χ3n) is 2.55. The normalized spacial score (nSPS) is 48.4. The molecule has 2 fully saturated rings. The highest BCUT2D eigenvalue weighted by atomic mass is 16.8. The van der Waals surface area contributed by atoms with E-state index in [2.05, 4.69) is 0 Å². The van der Waals surface area contributed by atoms with Crippen LogP contribution in [-0.4, -0.2) is 70.0 Å². The SMILES string of the molecule is O=C(O)C1OCC(C2OC(O)C(O)C2O)O1. The summed E-state index contributed by atoms with van der Waals surface area (Å²) in [7, 11) is 0. The van der Waals surface area contributed by atoms with Gasteiger partial charge in [0.05, 0.1) is 6.61 Å². The first-order valence-corrected chi connectivity index (χ1v) is 4.70. The number of carboxylic acid groups (broad SMARTS) is 1. The number of aliphatic hydroxyl groups is 3. The maximum Gasteiger partial charge on any atom is 0.361 e. The summed E-state index contributed by atoms with van der Waals surface area (Å²) < 4.78 is 14.6. The monoisotopic (exact) mass is 236 g/mol. The quantitative estimate of drug-likeness (QED) is 0.406. The van der Waals surface area contributed by atoms with Gasteiger partial charge >= 0.3 is 5.97 Å². The summed E-state index contributed by atoms with van der Waals surface area (Å²) in [6.07, 6.45) is -7.52. The van der Waals surface area contributed by atoms with E-state index in [1.165, 1.54) is 0 Å². The average molecular weight is 236 g/mol. The van der Waals surface area contributed by atoms with Crippen molar-refractivity contribution in [3.8, 4) is 0 Å². The summed E-state index contributed by atoms with van der Waals surface area (Å²) in [5.41, 5.74) is 0. The van der Waals surface area contributed by atoms with Crippen LogP contribution in [0.2, 0.25) is 0 Å². The molecular formula is C8H12O8. The summed E-state index contributed by atoms with van der Waals surface area (Å²) in [5.74, 6) is -1.28. The number of aliphatic carboxylic acids is 1. The third-order valence-corrected chi connectivity index (χ3v) is 2.55. The fourth-order valence-electron chi connectivity index (χ4n) is 1.71. The van der Waals surface area contributed by atoms with Crippen molar-refractivity contribution < 1.29 is 39.4 Å². The Hall–Kier alpha value is -0.770. The molecule has 0 radical (unpaired) electrons. The van der Waals surface area contributed by atoms with Gasteiger partial charge in [0.1, 0.15) is 24.4 Å². The number of aliphatic hydroxyl groups excluding tert-OH is 3. The highest BCUT2D eigenvalue weighted by molar-refractivity contribution is 5.70. The van der Waals surface area contributed by atoms with Crippen molar-refractivity contribution in [2.45, 2.75) is 37.0 Å². The molecular weight excluding hydrogens is 224 g/mol. The Kier molecular flexibility index (Phi) is 3.10. The van der Waals surface area contributed by atoms with Gasteiger partial charge in [-0.3, -0.25) is 0 Å². The molecule has 4 N–H and O–H groups in total. The zero-order valence-electron chi connectivity index (χ0n) is 8.09. The highest BCUT2D eigenvalue weighted by Gasteiger charge is 2.49. The van der Waals surface area contributed by atoms with E-state index < -0.39 is 43.0 Å². The summed E-state index contributed by atoms with van der Waals surface area (Å²) in [6.45, 7) is -0.0852. The highest BCUT2D eigenvalue weighted by Crippen LogP contribution is 2.27. The molecule has 8 nitrogen and oxygen atoms in total. The molecule has 2 rings (SSSR count). The molecule has 0 amide bonds. The van der Waals surface area contributed by atoms with E-state index in [1.54, 1.807) is 0 Å². The van der Waals surface area contributed by atoms with Gasteiger partial charge in [-0.1, -0.05) is 0 Å². The van der Waals surface area contributed by atoms with E-state index >= 15 is 0 Å².